The average Bonchev–Trinajstić information content (AvgIpc) is 1.73. The Balaban J connectivity index is 1.69. The van der Waals surface area contributed by atoms with E-state index in [1.54, 1.807) is 27.7 Å². The fourth-order valence-electron chi connectivity index (χ4n) is 11.7. The number of hydrogen-bond acceptors (Lipinski definition) is 25. The first kappa shape index (κ1) is 90.7. The van der Waals surface area contributed by atoms with Gasteiger partial charge in [-0.1, -0.05) is 40.5 Å². The Kier molecular flexibility index (Phi) is 38.4. The van der Waals surface area contributed by atoms with E-state index in [4.69, 9.17) is 17.2 Å². The Labute approximate surface area is 617 Å². The molecule has 0 aromatic carbocycles. The Hall–Kier alpha value is -8.55. The molecule has 0 saturated carbocycles. The molecule has 23 N–H and O–H groups in total. The summed E-state index contributed by atoms with van der Waals surface area (Å²) in [6.45, 7) is 6.55. The molecule has 592 valence electrons. The first-order valence-electron chi connectivity index (χ1n) is 34.7. The van der Waals surface area contributed by atoms with Gasteiger partial charge in [-0.2, -0.15) is 25.3 Å². The topological polar surface area (TPSA) is 632 Å². The van der Waals surface area contributed by atoms with E-state index < -0.39 is 253 Å². The van der Waals surface area contributed by atoms with Crippen molar-refractivity contribution in [1.82, 2.24) is 73.2 Å². The van der Waals surface area contributed by atoms with Gasteiger partial charge in [0.1, 0.15) is 84.6 Å². The van der Waals surface area contributed by atoms with Gasteiger partial charge < -0.3 is 121 Å². The molecule has 3 rings (SSSR count). The molecule has 0 radical (unpaired) electrons. The van der Waals surface area contributed by atoms with Gasteiger partial charge in [0.15, 0.2) is 0 Å². The van der Waals surface area contributed by atoms with Gasteiger partial charge in [0.05, 0.1) is 44.8 Å². The molecule has 3 fully saturated rings. The summed E-state index contributed by atoms with van der Waals surface area (Å²) in [4.78, 5) is 231. The molecule has 0 aromatic heterocycles. The number of carboxylic acid groups (broad SMARTS) is 2. The summed E-state index contributed by atoms with van der Waals surface area (Å²) in [7, 11) is 0. The van der Waals surface area contributed by atoms with Gasteiger partial charge >= 0.3 is 11.9 Å². The van der Waals surface area contributed by atoms with E-state index in [0.717, 1.165) is 11.8 Å². The van der Waals surface area contributed by atoms with Gasteiger partial charge in [-0.25, -0.2) is 4.79 Å². The van der Waals surface area contributed by atoms with E-state index in [2.05, 4.69) is 83.7 Å². The third-order valence-electron chi connectivity index (χ3n) is 18.3. The van der Waals surface area contributed by atoms with Gasteiger partial charge in [-0.3, -0.25) is 76.7 Å². The van der Waals surface area contributed by atoms with Crippen LogP contribution in [0.2, 0.25) is 0 Å². The number of aliphatic hydroxyl groups is 4. The Morgan fingerprint density at radius 3 is 1.30 bits per heavy atom. The zero-order valence-electron chi connectivity index (χ0n) is 59.5. The second-order valence-electron chi connectivity index (χ2n) is 26.1. The fraction of sp³-hybridized carbons (Fsp3) is 0.730. The summed E-state index contributed by atoms with van der Waals surface area (Å²) in [6, 6.07) is -21.2. The molecular weight excluding hydrogens is 1430 g/mol. The van der Waals surface area contributed by atoms with Crippen LogP contribution in [0, 0.1) is 11.8 Å². The highest BCUT2D eigenvalue weighted by Gasteiger charge is 2.46. The zero-order valence-corrected chi connectivity index (χ0v) is 61.3. The van der Waals surface area contributed by atoms with Crippen molar-refractivity contribution in [1.29, 1.82) is 0 Å². The van der Waals surface area contributed by atoms with Crippen molar-refractivity contribution in [2.24, 2.45) is 29.0 Å². The normalized spacial score (nSPS) is 19.9. The number of aliphatic hydroxyl groups excluding tert-OH is 4. The molecule has 3 heterocycles. The summed E-state index contributed by atoms with van der Waals surface area (Å²) in [5.41, 5.74) is 16.8. The molecule has 18 atom stereocenters. The number of carboxylic acids is 2. The summed E-state index contributed by atoms with van der Waals surface area (Å²) in [6.07, 6.45) is -2.11. The quantitative estimate of drug-likeness (QED) is 0.0199. The number of nitrogens with zero attached hydrogens (tertiary/aromatic N) is 3. The lowest BCUT2D eigenvalue weighted by atomic mass is 9.96. The number of aliphatic carboxylic acids is 2. The van der Waals surface area contributed by atoms with Gasteiger partial charge in [0.25, 0.3) is 0 Å². The molecular formula is C63H105N17O23S2. The van der Waals surface area contributed by atoms with Crippen molar-refractivity contribution < 1.29 is 112 Å². The molecule has 0 unspecified atom stereocenters. The number of nitrogens with one attached hydrogen (secondary N) is 11. The van der Waals surface area contributed by atoms with Crippen LogP contribution in [0.15, 0.2) is 0 Å². The lowest BCUT2D eigenvalue weighted by Gasteiger charge is -2.35. The molecule has 3 saturated heterocycles. The van der Waals surface area contributed by atoms with E-state index >= 15 is 0 Å². The van der Waals surface area contributed by atoms with Crippen molar-refractivity contribution in [3.05, 3.63) is 0 Å². The van der Waals surface area contributed by atoms with Gasteiger partial charge in [0.2, 0.25) is 88.6 Å². The van der Waals surface area contributed by atoms with Crippen LogP contribution in [0.4, 0.5) is 0 Å². The molecule has 0 aromatic rings. The number of unbranched alkanes of at least 4 members (excludes halogenated alkanes) is 1. The summed E-state index contributed by atoms with van der Waals surface area (Å²) < 4.78 is 0. The summed E-state index contributed by atoms with van der Waals surface area (Å²) in [5, 5.41) is 84.8. The summed E-state index contributed by atoms with van der Waals surface area (Å²) >= 11 is 8.34. The average molecular weight is 1530 g/mol. The predicted molar refractivity (Wildman–Crippen MR) is 375 cm³/mol. The maximum absolute atomic E-state index is 14.6. The van der Waals surface area contributed by atoms with Crippen molar-refractivity contribution in [2.75, 3.05) is 57.4 Å². The highest BCUT2D eigenvalue weighted by atomic mass is 32.1. The molecule has 3 aliphatic rings. The largest absolute Gasteiger partial charge is 0.481 e. The number of primary amides is 1. The lowest BCUT2D eigenvalue weighted by Crippen LogP contribution is -2.63. The van der Waals surface area contributed by atoms with E-state index in [0.29, 0.717) is 38.5 Å². The fourth-order valence-corrected chi connectivity index (χ4v) is 12.2. The summed E-state index contributed by atoms with van der Waals surface area (Å²) in [5.74, 6) is -20.2. The second kappa shape index (κ2) is 44.4. The number of rotatable bonds is 44. The van der Waals surface area contributed by atoms with Crippen LogP contribution in [-0.2, 0) is 81.5 Å². The highest BCUT2D eigenvalue weighted by Crippen LogP contribution is 2.26. The van der Waals surface area contributed by atoms with Gasteiger partial charge in [-0.15, -0.1) is 0 Å². The van der Waals surface area contributed by atoms with Crippen molar-refractivity contribution in [3.63, 3.8) is 0 Å². The third kappa shape index (κ3) is 27.1. The van der Waals surface area contributed by atoms with Crippen LogP contribution in [-0.4, -0.2) is 300 Å². The van der Waals surface area contributed by atoms with Crippen LogP contribution in [0.1, 0.15) is 125 Å². The van der Waals surface area contributed by atoms with E-state index in [9.17, 15) is 112 Å². The van der Waals surface area contributed by atoms with Crippen molar-refractivity contribution in [3.8, 4) is 0 Å². The first-order valence-corrected chi connectivity index (χ1v) is 35.9. The van der Waals surface area contributed by atoms with Gasteiger partial charge in [0, 0.05) is 31.1 Å². The maximum Gasteiger partial charge on any atom is 0.328 e. The minimum atomic E-state index is -2.01. The number of nitrogens with two attached hydrogens (primary N) is 3. The van der Waals surface area contributed by atoms with Crippen molar-refractivity contribution >= 4 is 126 Å². The Morgan fingerprint density at radius 1 is 0.467 bits per heavy atom. The van der Waals surface area contributed by atoms with E-state index in [1.165, 1.54) is 16.7 Å². The molecule has 3 aliphatic heterocycles. The monoisotopic (exact) mass is 1530 g/mol. The van der Waals surface area contributed by atoms with Crippen LogP contribution >= 0.6 is 25.3 Å². The van der Waals surface area contributed by atoms with Crippen LogP contribution in [0.5, 0.6) is 0 Å². The molecule has 0 spiro atoms. The SMILES string of the molecule is CC[C@H](C)[C@H](NC(=O)[C@H](CS)NC(=O)[C@@H](NC(=O)[C@H](CS)NC(=O)[C@H](CC(N)=O)NC(=O)CNC(=O)[C@H](CC(=O)O)NC(=O)[C@H](CO)NC(=O)[C@@H]1CCCN1C(=O)[C@H](CCCCN)NC(=O)[C@@H](N)[C@@H](C)O)[C@@H](C)O)C(=O)N1CCC[C@H]1C(=O)N[C@H](C(=O)N1CCC[C@H]1C(=O)N[C@@H](CO)C(=O)O)[C@@H](C)CC. The highest BCUT2D eigenvalue weighted by molar-refractivity contribution is 7.80. The van der Waals surface area contributed by atoms with Crippen LogP contribution in [0.3, 0.4) is 0 Å². The molecule has 15 amide bonds. The van der Waals surface area contributed by atoms with E-state index in [1.807, 2.05) is 0 Å². The number of carbonyl (C=O) groups excluding carboxylic acids is 15. The zero-order chi connectivity index (χ0) is 79.3. The number of thiol groups is 2. The minimum Gasteiger partial charge on any atom is -0.481 e. The molecule has 0 bridgehead atoms. The van der Waals surface area contributed by atoms with Crippen LogP contribution in [0.25, 0.3) is 0 Å². The number of hydrogen-bond donors (Lipinski definition) is 22. The Bertz CT molecular complexity index is 3100. The molecule has 105 heavy (non-hydrogen) atoms. The van der Waals surface area contributed by atoms with Gasteiger partial charge in [-0.05, 0) is 90.0 Å². The number of carbonyl (C=O) groups is 17. The smallest absolute Gasteiger partial charge is 0.328 e. The Morgan fingerprint density at radius 2 is 0.876 bits per heavy atom. The third-order valence-corrected chi connectivity index (χ3v) is 19.0. The maximum atomic E-state index is 14.6. The first-order chi connectivity index (χ1) is 49.5. The van der Waals surface area contributed by atoms with E-state index in [-0.39, 0.29) is 58.3 Å². The second-order valence-corrected chi connectivity index (χ2v) is 26.9. The molecule has 40 nitrogen and oxygen atoms in total. The van der Waals surface area contributed by atoms with Crippen LogP contribution < -0.4 is 75.7 Å². The molecule has 42 heteroatoms. The molecule has 0 aliphatic carbocycles. The number of likely N-dealkylation sites (tertiary alicyclic amines) is 3. The predicted octanol–water partition coefficient (Wildman–Crippen LogP) is -9.49. The lowest BCUT2D eigenvalue weighted by molar-refractivity contribution is -0.147. The minimum absolute atomic E-state index is 0.0251. The number of amides is 15. The standard InChI is InChI=1S/C63H105N17O23S2/c1-7-29(3)47(61(100)80-21-13-17-42(80)57(96)76-48(30(4)8-2)62(101)79-20-12-16-41(79)56(95)72-37(26-82)63(102)103)75-53(92)39(28-105)74-59(98)49(32(6)84)77-54(93)38(27-104)73-51(90)34(22-43(65)85)68-44(86)24-67-50(89)35(23-45(87)88)70-52(91)36(25-81)71-55(94)40-15-11-19-78(40)60(99)33(14-9-10-18-64)69-58(97)46(66)31(5)83/h29-42,46-49,81-84,104-105H,7-28,64,66H2,1-6H3,(H2,65,85)(H,67,89)(H,68,86)(H,69,97)(H,70,91)(H,71,94)(H,72,95)(H,73,90)(H,74,98)(H,75,92)(H,76,96)(H,77,93)(H,87,88)(H,102,103)/t29-,30-,31+,32+,33-,34-,35-,36-,37-,38-,39-,40-,41-,42-,46-,47-,48-,49-/m0/s1. The van der Waals surface area contributed by atoms with Crippen molar-refractivity contribution in [2.45, 2.75) is 222 Å².